The highest BCUT2D eigenvalue weighted by molar-refractivity contribution is 7.89. The number of imidazole rings is 1. The molecule has 3 heterocycles. The van der Waals surface area contributed by atoms with Crippen molar-refractivity contribution in [2.24, 2.45) is 12.5 Å². The van der Waals surface area contributed by atoms with E-state index in [0.29, 0.717) is 24.9 Å². The van der Waals surface area contributed by atoms with Gasteiger partial charge in [0.25, 0.3) is 10.0 Å². The van der Waals surface area contributed by atoms with Crippen LogP contribution in [-0.2, 0) is 17.1 Å². The Bertz CT molecular complexity index is 1150. The lowest BCUT2D eigenvalue weighted by Gasteiger charge is -2.31. The molecule has 0 amide bonds. The maximum Gasteiger partial charge on any atom is 0.263 e. The Kier molecular flexibility index (Phi) is 4.30. The lowest BCUT2D eigenvalue weighted by molar-refractivity contribution is 0.245. The van der Waals surface area contributed by atoms with Crippen molar-refractivity contribution < 1.29 is 12.8 Å². The molecule has 8 nitrogen and oxygen atoms in total. The largest absolute Gasteiger partial charge is 0.420 e. The van der Waals surface area contributed by atoms with Crippen molar-refractivity contribution in [1.29, 1.82) is 0 Å². The van der Waals surface area contributed by atoms with Crippen LogP contribution in [-0.4, -0.2) is 45.6 Å². The maximum atomic E-state index is 12.9. The summed E-state index contributed by atoms with van der Waals surface area (Å²) < 4.78 is 34.7. The van der Waals surface area contributed by atoms with E-state index in [2.05, 4.69) is 15.2 Å². The van der Waals surface area contributed by atoms with Crippen molar-refractivity contribution in [3.8, 4) is 11.5 Å². The van der Waals surface area contributed by atoms with Crippen LogP contribution in [0.3, 0.4) is 0 Å². The van der Waals surface area contributed by atoms with Crippen LogP contribution in [0.2, 0.25) is 5.15 Å². The molecule has 1 atom stereocenters. The summed E-state index contributed by atoms with van der Waals surface area (Å²) in [7, 11) is -2.02. The summed E-state index contributed by atoms with van der Waals surface area (Å²) in [5, 5.41) is 8.50. The molecule has 0 unspecified atom stereocenters. The minimum absolute atomic E-state index is 0.0421. The minimum atomic E-state index is -3.69. The number of nitrogens with zero attached hydrogens (tertiary/aromatic N) is 5. The van der Waals surface area contributed by atoms with Crippen molar-refractivity contribution in [2.45, 2.75) is 30.2 Å². The van der Waals surface area contributed by atoms with Crippen LogP contribution < -0.4 is 0 Å². The van der Waals surface area contributed by atoms with Crippen LogP contribution in [0.5, 0.6) is 0 Å². The number of aryl methyl sites for hydroxylation is 1. The van der Waals surface area contributed by atoms with Crippen LogP contribution in [0.4, 0.5) is 0 Å². The third-order valence-electron chi connectivity index (χ3n) is 6.09. The van der Waals surface area contributed by atoms with Gasteiger partial charge < -0.3 is 8.98 Å². The number of hydrogen-bond donors (Lipinski definition) is 0. The van der Waals surface area contributed by atoms with Gasteiger partial charge in [-0.15, -0.1) is 10.2 Å². The normalized spacial score (nSPS) is 21.5. The third-order valence-corrected chi connectivity index (χ3v) is 8.48. The predicted molar refractivity (Wildman–Crippen MR) is 106 cm³/mol. The maximum absolute atomic E-state index is 12.9. The molecule has 1 saturated carbocycles. The predicted octanol–water partition coefficient (Wildman–Crippen LogP) is 3.08. The molecule has 1 aliphatic heterocycles. The van der Waals surface area contributed by atoms with Gasteiger partial charge in [-0.25, -0.2) is 13.4 Å². The second-order valence-electron chi connectivity index (χ2n) is 7.79. The Balaban J connectivity index is 1.28. The molecule has 0 radical (unpaired) electrons. The van der Waals surface area contributed by atoms with Gasteiger partial charge in [0.2, 0.25) is 16.8 Å². The van der Waals surface area contributed by atoms with E-state index in [4.69, 9.17) is 16.0 Å². The van der Waals surface area contributed by atoms with Gasteiger partial charge in [0.05, 0.1) is 6.33 Å². The van der Waals surface area contributed by atoms with E-state index < -0.39 is 10.0 Å². The smallest absolute Gasteiger partial charge is 0.263 e. The summed E-state index contributed by atoms with van der Waals surface area (Å²) in [6.45, 7) is 0.872. The summed E-state index contributed by atoms with van der Waals surface area (Å²) in [4.78, 5) is 3.98. The highest BCUT2D eigenvalue weighted by atomic mass is 35.5. The fourth-order valence-corrected chi connectivity index (χ4v) is 6.01. The lowest BCUT2D eigenvalue weighted by atomic mass is 9.92. The first-order chi connectivity index (χ1) is 13.9. The summed E-state index contributed by atoms with van der Waals surface area (Å²) in [6, 6.07) is 9.68. The molecule has 1 aromatic carbocycles. The highest BCUT2D eigenvalue weighted by Gasteiger charge is 2.59. The monoisotopic (exact) mass is 433 g/mol. The molecule has 2 fully saturated rings. The zero-order valence-electron chi connectivity index (χ0n) is 15.8. The molecule has 1 saturated heterocycles. The zero-order valence-corrected chi connectivity index (χ0v) is 17.4. The van der Waals surface area contributed by atoms with E-state index >= 15 is 0 Å². The van der Waals surface area contributed by atoms with E-state index in [1.54, 1.807) is 7.05 Å². The van der Waals surface area contributed by atoms with Gasteiger partial charge in [-0.2, -0.15) is 4.31 Å². The van der Waals surface area contributed by atoms with Gasteiger partial charge >= 0.3 is 0 Å². The molecule has 1 spiro atoms. The van der Waals surface area contributed by atoms with Crippen LogP contribution in [0, 0.1) is 5.41 Å². The molecule has 0 bridgehead atoms. The van der Waals surface area contributed by atoms with E-state index in [-0.39, 0.29) is 21.5 Å². The molecule has 2 aromatic heterocycles. The van der Waals surface area contributed by atoms with Gasteiger partial charge in [-0.1, -0.05) is 29.8 Å². The van der Waals surface area contributed by atoms with Crippen LogP contribution >= 0.6 is 11.6 Å². The van der Waals surface area contributed by atoms with Crippen molar-refractivity contribution in [1.82, 2.24) is 24.1 Å². The standard InChI is InChI=1S/C19H20ClN5O3S/c1-24-12-21-18(15(24)20)29(26,27)25-9-7-19(8-10-25)11-14(19)17-23-22-16(28-17)13-5-3-2-4-6-13/h2-6,12,14H,7-11H2,1H3/t14-/m1/s1. The second-order valence-corrected chi connectivity index (χ2v) is 10.00. The van der Waals surface area contributed by atoms with Crippen molar-refractivity contribution >= 4 is 21.6 Å². The summed E-state index contributed by atoms with van der Waals surface area (Å²) in [5.74, 6) is 1.36. The van der Waals surface area contributed by atoms with E-state index in [0.717, 1.165) is 24.8 Å². The first-order valence-electron chi connectivity index (χ1n) is 9.46. The number of hydrogen-bond acceptors (Lipinski definition) is 6. The Morgan fingerprint density at radius 2 is 1.90 bits per heavy atom. The third kappa shape index (κ3) is 3.08. The average molecular weight is 434 g/mol. The highest BCUT2D eigenvalue weighted by Crippen LogP contribution is 2.64. The Labute approximate surface area is 173 Å². The van der Waals surface area contributed by atoms with Gasteiger partial charge in [0.1, 0.15) is 5.15 Å². The van der Waals surface area contributed by atoms with E-state index in [9.17, 15) is 8.42 Å². The van der Waals surface area contributed by atoms with Gasteiger partial charge in [0.15, 0.2) is 0 Å². The van der Waals surface area contributed by atoms with Gasteiger partial charge in [-0.05, 0) is 36.8 Å². The van der Waals surface area contributed by atoms with E-state index in [1.807, 2.05) is 30.3 Å². The molecular formula is C19H20ClN5O3S. The quantitative estimate of drug-likeness (QED) is 0.627. The fourth-order valence-electron chi connectivity index (χ4n) is 4.18. The first kappa shape index (κ1) is 18.8. The lowest BCUT2D eigenvalue weighted by Crippen LogP contribution is -2.39. The number of sulfonamides is 1. The summed E-state index contributed by atoms with van der Waals surface area (Å²) in [6.07, 6.45) is 3.87. The molecule has 0 N–H and O–H groups in total. The number of benzene rings is 1. The number of aromatic nitrogens is 4. The van der Waals surface area contributed by atoms with E-state index in [1.165, 1.54) is 15.2 Å². The van der Waals surface area contributed by atoms with Crippen molar-refractivity contribution in [3.63, 3.8) is 0 Å². The number of piperidine rings is 1. The topological polar surface area (TPSA) is 94.1 Å². The van der Waals surface area contributed by atoms with Crippen molar-refractivity contribution in [2.75, 3.05) is 13.1 Å². The fraction of sp³-hybridized carbons (Fsp3) is 0.421. The molecule has 2 aliphatic rings. The molecule has 1 aliphatic carbocycles. The SMILES string of the molecule is Cn1cnc(S(=O)(=O)N2CCC3(CC2)C[C@@H]3c2nnc(-c3ccccc3)o2)c1Cl. The molecule has 152 valence electrons. The second kappa shape index (κ2) is 6.65. The Morgan fingerprint density at radius 3 is 2.55 bits per heavy atom. The van der Waals surface area contributed by atoms with Crippen LogP contribution in [0.25, 0.3) is 11.5 Å². The minimum Gasteiger partial charge on any atom is -0.420 e. The summed E-state index contributed by atoms with van der Waals surface area (Å²) in [5.41, 5.74) is 0.939. The Hall–Kier alpha value is -2.23. The van der Waals surface area contributed by atoms with Crippen LogP contribution in [0.1, 0.15) is 31.1 Å². The molecule has 5 rings (SSSR count). The average Bonchev–Trinajstić information content (AvgIpc) is 3.05. The number of halogens is 1. The van der Waals surface area contributed by atoms with Crippen molar-refractivity contribution in [3.05, 3.63) is 47.7 Å². The Morgan fingerprint density at radius 1 is 1.17 bits per heavy atom. The molecule has 3 aromatic rings. The molecule has 29 heavy (non-hydrogen) atoms. The molecular weight excluding hydrogens is 414 g/mol. The van der Waals surface area contributed by atoms with Gasteiger partial charge in [0, 0.05) is 31.6 Å². The van der Waals surface area contributed by atoms with Gasteiger partial charge in [-0.3, -0.25) is 0 Å². The first-order valence-corrected chi connectivity index (χ1v) is 11.3. The molecule has 10 heteroatoms. The van der Waals surface area contributed by atoms with Crippen LogP contribution in [0.15, 0.2) is 46.1 Å². The summed E-state index contributed by atoms with van der Waals surface area (Å²) >= 11 is 6.10. The number of rotatable bonds is 4. The zero-order chi connectivity index (χ0) is 20.2.